The average Bonchev–Trinajstić information content (AvgIpc) is 2.97. The van der Waals surface area contributed by atoms with Crippen molar-refractivity contribution in [1.29, 1.82) is 0 Å². The van der Waals surface area contributed by atoms with Crippen LogP contribution in [0.15, 0.2) is 46.1 Å². The Labute approximate surface area is 181 Å². The van der Waals surface area contributed by atoms with Crippen molar-refractivity contribution in [2.75, 3.05) is 12.8 Å². The minimum absolute atomic E-state index is 0.275. The van der Waals surface area contributed by atoms with Crippen LogP contribution in [0.1, 0.15) is 16.8 Å². The molecule has 0 radical (unpaired) electrons. The van der Waals surface area contributed by atoms with E-state index in [1.165, 1.54) is 4.68 Å². The molecule has 0 unspecified atom stereocenters. The highest BCUT2D eigenvalue weighted by Gasteiger charge is 2.11. The summed E-state index contributed by atoms with van der Waals surface area (Å²) >= 11 is 15.7. The Morgan fingerprint density at radius 1 is 1.25 bits per heavy atom. The molecule has 0 aliphatic rings. The van der Waals surface area contributed by atoms with Gasteiger partial charge in [0.25, 0.3) is 0 Å². The van der Waals surface area contributed by atoms with Crippen molar-refractivity contribution >= 4 is 51.3 Å². The first-order chi connectivity index (χ1) is 13.4. The Hall–Kier alpha value is -2.22. The largest absolute Gasteiger partial charge is 0.493 e. The molecule has 2 aromatic carbocycles. The smallest absolute Gasteiger partial charge is 0.221 e. The number of aromatic nitrogens is 2. The summed E-state index contributed by atoms with van der Waals surface area (Å²) in [5.74, 6) is 1.44. The van der Waals surface area contributed by atoms with E-state index in [0.717, 1.165) is 21.3 Å². The highest BCUT2D eigenvalue weighted by Crippen LogP contribution is 2.34. The van der Waals surface area contributed by atoms with Gasteiger partial charge in [0.1, 0.15) is 6.61 Å². The van der Waals surface area contributed by atoms with Crippen LogP contribution >= 0.6 is 39.1 Å². The molecule has 0 saturated heterocycles. The number of nitrogens with zero attached hydrogens (tertiary/aromatic N) is 3. The van der Waals surface area contributed by atoms with Gasteiger partial charge in [-0.1, -0.05) is 29.3 Å². The number of nitrogens with two attached hydrogens (primary N) is 1. The minimum Gasteiger partial charge on any atom is -0.493 e. The number of hydrogen-bond acceptors (Lipinski definition) is 5. The summed E-state index contributed by atoms with van der Waals surface area (Å²) < 4.78 is 13.6. The Balaban J connectivity index is 1.82. The number of benzene rings is 2. The standard InChI is InChI=1S/C19H17BrCl2N4O2/c1-11-9-26(19(23)25-11)24-8-13-5-17(27-2)18(7-15(13)20)28-10-12-3-4-14(21)6-16(12)22/h3-9H,10H2,1-2H3,(H2,23,25). The van der Waals surface area contributed by atoms with E-state index in [0.29, 0.717) is 27.5 Å². The lowest BCUT2D eigenvalue weighted by Crippen LogP contribution is -2.00. The molecule has 9 heteroatoms. The molecule has 0 aliphatic heterocycles. The highest BCUT2D eigenvalue weighted by molar-refractivity contribution is 9.10. The molecule has 0 bridgehead atoms. The second-order valence-electron chi connectivity index (χ2n) is 5.88. The molecule has 0 amide bonds. The molecule has 0 atom stereocenters. The van der Waals surface area contributed by atoms with Crippen molar-refractivity contribution in [3.8, 4) is 11.5 Å². The van der Waals surface area contributed by atoms with E-state index in [-0.39, 0.29) is 6.61 Å². The van der Waals surface area contributed by atoms with Gasteiger partial charge < -0.3 is 15.2 Å². The summed E-state index contributed by atoms with van der Waals surface area (Å²) in [6.07, 6.45) is 3.40. The third-order valence-corrected chi connectivity index (χ3v) is 5.11. The van der Waals surface area contributed by atoms with Gasteiger partial charge in [0, 0.05) is 25.6 Å². The first kappa shape index (κ1) is 20.5. The van der Waals surface area contributed by atoms with Crippen LogP contribution in [0, 0.1) is 6.92 Å². The average molecular weight is 484 g/mol. The van der Waals surface area contributed by atoms with Gasteiger partial charge in [-0.05, 0) is 47.1 Å². The van der Waals surface area contributed by atoms with Crippen molar-refractivity contribution < 1.29 is 9.47 Å². The van der Waals surface area contributed by atoms with Gasteiger partial charge in [0.15, 0.2) is 11.5 Å². The molecule has 0 fully saturated rings. The summed E-state index contributed by atoms with van der Waals surface area (Å²) in [5.41, 5.74) is 8.20. The van der Waals surface area contributed by atoms with Crippen LogP contribution in [0.2, 0.25) is 10.0 Å². The molecule has 0 aliphatic carbocycles. The summed E-state index contributed by atoms with van der Waals surface area (Å²) in [6, 6.07) is 8.89. The number of aryl methyl sites for hydroxylation is 1. The molecule has 6 nitrogen and oxygen atoms in total. The predicted octanol–water partition coefficient (Wildman–Crippen LogP) is 5.31. The maximum Gasteiger partial charge on any atom is 0.221 e. The molecule has 146 valence electrons. The number of methoxy groups -OCH3 is 1. The van der Waals surface area contributed by atoms with Crippen molar-refractivity contribution in [2.45, 2.75) is 13.5 Å². The molecule has 2 N–H and O–H groups in total. The molecular weight excluding hydrogens is 467 g/mol. The summed E-state index contributed by atoms with van der Waals surface area (Å²) in [5, 5.41) is 5.44. The van der Waals surface area contributed by atoms with Gasteiger partial charge in [0.05, 0.1) is 25.2 Å². The van der Waals surface area contributed by atoms with E-state index in [1.54, 1.807) is 31.7 Å². The van der Waals surface area contributed by atoms with E-state index in [4.69, 9.17) is 38.4 Å². The van der Waals surface area contributed by atoms with E-state index < -0.39 is 0 Å². The van der Waals surface area contributed by atoms with Crippen LogP contribution in [0.4, 0.5) is 5.95 Å². The Bertz CT molecular complexity index is 1040. The zero-order valence-electron chi connectivity index (χ0n) is 15.1. The number of anilines is 1. The number of nitrogen functional groups attached to an aromatic ring is 1. The zero-order chi connectivity index (χ0) is 20.3. The quantitative estimate of drug-likeness (QED) is 0.482. The molecule has 3 rings (SSSR count). The number of ether oxygens (including phenoxy) is 2. The Kier molecular flexibility index (Phi) is 6.49. The number of halogens is 3. The second kappa shape index (κ2) is 8.86. The lowest BCUT2D eigenvalue weighted by atomic mass is 10.2. The summed E-state index contributed by atoms with van der Waals surface area (Å²) in [7, 11) is 1.57. The summed E-state index contributed by atoms with van der Waals surface area (Å²) in [4.78, 5) is 4.11. The van der Waals surface area contributed by atoms with Gasteiger partial charge in [-0.25, -0.2) is 9.66 Å². The Morgan fingerprint density at radius 3 is 2.68 bits per heavy atom. The molecule has 28 heavy (non-hydrogen) atoms. The maximum absolute atomic E-state index is 6.20. The van der Waals surface area contributed by atoms with Crippen LogP contribution in [0.5, 0.6) is 11.5 Å². The van der Waals surface area contributed by atoms with Crippen LogP contribution in [-0.2, 0) is 6.61 Å². The van der Waals surface area contributed by atoms with Crippen molar-refractivity contribution in [3.63, 3.8) is 0 Å². The van der Waals surface area contributed by atoms with Crippen molar-refractivity contribution in [3.05, 3.63) is 67.9 Å². The third-order valence-electron chi connectivity index (χ3n) is 3.84. The van der Waals surface area contributed by atoms with Crippen LogP contribution in [-0.4, -0.2) is 23.0 Å². The highest BCUT2D eigenvalue weighted by atomic mass is 79.9. The van der Waals surface area contributed by atoms with Crippen molar-refractivity contribution in [2.24, 2.45) is 5.10 Å². The van der Waals surface area contributed by atoms with Gasteiger partial charge in [0.2, 0.25) is 5.95 Å². The maximum atomic E-state index is 6.20. The number of imidazole rings is 1. The lowest BCUT2D eigenvalue weighted by molar-refractivity contribution is 0.284. The first-order valence-corrected chi connectivity index (χ1v) is 9.72. The van der Waals surface area contributed by atoms with Crippen LogP contribution in [0.25, 0.3) is 0 Å². The fourth-order valence-electron chi connectivity index (χ4n) is 2.44. The lowest BCUT2D eigenvalue weighted by Gasteiger charge is -2.13. The molecule has 3 aromatic rings. The molecule has 0 saturated carbocycles. The zero-order valence-corrected chi connectivity index (χ0v) is 18.2. The summed E-state index contributed by atoms with van der Waals surface area (Å²) in [6.45, 7) is 2.12. The monoisotopic (exact) mass is 482 g/mol. The van der Waals surface area contributed by atoms with Crippen LogP contribution < -0.4 is 15.2 Å². The van der Waals surface area contributed by atoms with Crippen LogP contribution in [0.3, 0.4) is 0 Å². The predicted molar refractivity (Wildman–Crippen MR) is 116 cm³/mol. The number of hydrogen-bond donors (Lipinski definition) is 1. The van der Waals surface area contributed by atoms with E-state index in [9.17, 15) is 0 Å². The van der Waals surface area contributed by atoms with Crippen molar-refractivity contribution in [1.82, 2.24) is 9.66 Å². The second-order valence-corrected chi connectivity index (χ2v) is 7.58. The minimum atomic E-state index is 0.275. The normalized spacial score (nSPS) is 11.2. The fraction of sp³-hybridized carbons (Fsp3) is 0.158. The fourth-order valence-corrected chi connectivity index (χ4v) is 3.32. The van der Waals surface area contributed by atoms with E-state index in [2.05, 4.69) is 26.0 Å². The molecule has 1 heterocycles. The first-order valence-electron chi connectivity index (χ1n) is 8.17. The number of rotatable bonds is 6. The molecular formula is C19H17BrCl2N4O2. The van der Waals surface area contributed by atoms with E-state index in [1.807, 2.05) is 25.1 Å². The SMILES string of the molecule is COc1cc(C=Nn2cc(C)nc2N)c(Br)cc1OCc1ccc(Cl)cc1Cl. The molecule has 0 spiro atoms. The van der Waals surface area contributed by atoms with Gasteiger partial charge in [-0.15, -0.1) is 0 Å². The third kappa shape index (κ3) is 4.79. The Morgan fingerprint density at radius 2 is 2.04 bits per heavy atom. The van der Waals surface area contributed by atoms with Gasteiger partial charge in [-0.3, -0.25) is 0 Å². The topological polar surface area (TPSA) is 74.7 Å². The van der Waals surface area contributed by atoms with Gasteiger partial charge in [-0.2, -0.15) is 5.10 Å². The van der Waals surface area contributed by atoms with E-state index >= 15 is 0 Å². The van der Waals surface area contributed by atoms with Gasteiger partial charge >= 0.3 is 0 Å². The molecule has 1 aromatic heterocycles.